The van der Waals surface area contributed by atoms with E-state index in [1.54, 1.807) is 12.4 Å². The summed E-state index contributed by atoms with van der Waals surface area (Å²) in [6, 6.07) is 20.2. The molecular weight excluding hydrogens is 358 g/mol. The van der Waals surface area contributed by atoms with E-state index in [1.165, 1.54) is 17.5 Å². The molecule has 3 aromatic carbocycles. The highest BCUT2D eigenvalue weighted by Gasteiger charge is 2.23. The van der Waals surface area contributed by atoms with Crippen LogP contribution in [-0.2, 0) is 6.42 Å². The van der Waals surface area contributed by atoms with E-state index in [4.69, 9.17) is 0 Å². The van der Waals surface area contributed by atoms with Crippen LogP contribution in [0.2, 0.25) is 0 Å². The minimum atomic E-state index is -0.0891. The van der Waals surface area contributed by atoms with Crippen LogP contribution in [0, 0.1) is 6.92 Å². The van der Waals surface area contributed by atoms with Crippen molar-refractivity contribution < 1.29 is 4.79 Å². The van der Waals surface area contributed by atoms with Gasteiger partial charge in [0.05, 0.1) is 0 Å². The molecule has 1 aliphatic carbocycles. The minimum Gasteiger partial charge on any atom is -0.322 e. The maximum atomic E-state index is 13.1. The Kier molecular flexibility index (Phi) is 4.17. The molecule has 4 heteroatoms. The molecule has 29 heavy (non-hydrogen) atoms. The summed E-state index contributed by atoms with van der Waals surface area (Å²) in [5, 5.41) is 3.07. The van der Waals surface area contributed by atoms with E-state index in [0.717, 1.165) is 45.5 Å². The minimum absolute atomic E-state index is 0.0891. The number of carbonyl (C=O) groups excluding carboxylic acids is 1. The maximum absolute atomic E-state index is 13.1. The number of carbonyl (C=O) groups is 1. The molecule has 1 aromatic heterocycles. The zero-order valence-electron chi connectivity index (χ0n) is 16.0. The molecule has 0 bridgehead atoms. The van der Waals surface area contributed by atoms with Gasteiger partial charge in [0.15, 0.2) is 0 Å². The van der Waals surface area contributed by atoms with E-state index in [1.807, 2.05) is 49.4 Å². The number of rotatable bonds is 3. The Morgan fingerprint density at radius 1 is 0.897 bits per heavy atom. The molecule has 1 N–H and O–H groups in total. The summed E-state index contributed by atoms with van der Waals surface area (Å²) in [7, 11) is 0. The number of nitrogens with zero attached hydrogens (tertiary/aromatic N) is 2. The van der Waals surface area contributed by atoms with Crippen molar-refractivity contribution in [2.45, 2.75) is 13.3 Å². The van der Waals surface area contributed by atoms with Crippen molar-refractivity contribution >= 4 is 11.6 Å². The monoisotopic (exact) mass is 377 g/mol. The van der Waals surface area contributed by atoms with Gasteiger partial charge in [-0.15, -0.1) is 0 Å². The summed E-state index contributed by atoms with van der Waals surface area (Å²) >= 11 is 0. The van der Waals surface area contributed by atoms with Crippen LogP contribution in [-0.4, -0.2) is 15.9 Å². The van der Waals surface area contributed by atoms with Gasteiger partial charge in [0.1, 0.15) is 6.33 Å². The zero-order valence-corrected chi connectivity index (χ0v) is 16.0. The van der Waals surface area contributed by atoms with Crippen molar-refractivity contribution in [3.05, 3.63) is 102 Å². The number of aryl methyl sites for hydroxylation is 1. The van der Waals surface area contributed by atoms with Crippen molar-refractivity contribution in [3.63, 3.8) is 0 Å². The highest BCUT2D eigenvalue weighted by molar-refractivity contribution is 6.07. The quantitative estimate of drug-likeness (QED) is 0.466. The number of anilines is 1. The molecule has 1 heterocycles. The summed E-state index contributed by atoms with van der Waals surface area (Å²) in [6.07, 6.45) is 5.86. The highest BCUT2D eigenvalue weighted by atomic mass is 16.1. The normalized spacial score (nSPS) is 11.6. The number of hydrogen-bond acceptors (Lipinski definition) is 3. The number of hydrogen-bond donors (Lipinski definition) is 1. The maximum Gasteiger partial charge on any atom is 0.255 e. The summed E-state index contributed by atoms with van der Waals surface area (Å²) in [6.45, 7) is 2.04. The molecule has 0 saturated heterocycles. The van der Waals surface area contributed by atoms with Crippen molar-refractivity contribution in [1.29, 1.82) is 0 Å². The zero-order chi connectivity index (χ0) is 19.8. The Balaban J connectivity index is 1.47. The van der Waals surface area contributed by atoms with Gasteiger partial charge in [-0.2, -0.15) is 0 Å². The van der Waals surface area contributed by atoms with Crippen LogP contribution in [0.25, 0.3) is 22.3 Å². The predicted octanol–water partition coefficient (Wildman–Crippen LogP) is 5.28. The first-order valence-corrected chi connectivity index (χ1v) is 9.58. The van der Waals surface area contributed by atoms with Crippen molar-refractivity contribution in [2.24, 2.45) is 0 Å². The van der Waals surface area contributed by atoms with Crippen LogP contribution in [0.3, 0.4) is 0 Å². The Bertz CT molecular complexity index is 1230. The molecule has 0 saturated carbocycles. The molecule has 5 rings (SSSR count). The van der Waals surface area contributed by atoms with Gasteiger partial charge >= 0.3 is 0 Å². The van der Waals surface area contributed by atoms with Crippen molar-refractivity contribution in [3.8, 4) is 22.3 Å². The van der Waals surface area contributed by atoms with Crippen molar-refractivity contribution in [1.82, 2.24) is 9.97 Å². The second-order valence-corrected chi connectivity index (χ2v) is 7.28. The first-order valence-electron chi connectivity index (χ1n) is 9.58. The van der Waals surface area contributed by atoms with Gasteiger partial charge in [-0.05, 0) is 64.9 Å². The lowest BCUT2D eigenvalue weighted by Gasteiger charge is -2.12. The Morgan fingerprint density at radius 3 is 2.55 bits per heavy atom. The van der Waals surface area contributed by atoms with Gasteiger partial charge in [0, 0.05) is 29.2 Å². The lowest BCUT2D eigenvalue weighted by atomic mass is 10.00. The third kappa shape index (κ3) is 3.09. The summed E-state index contributed by atoms with van der Waals surface area (Å²) in [5.41, 5.74) is 9.26. The average molecular weight is 377 g/mol. The molecule has 4 nitrogen and oxygen atoms in total. The van der Waals surface area contributed by atoms with Gasteiger partial charge in [-0.1, -0.05) is 42.5 Å². The fraction of sp³-hybridized carbons (Fsp3) is 0.0800. The SMILES string of the molecule is Cc1ccc(NC(=O)c2cccc3c2Cc2ccccc2-3)cc1-c1cncnc1. The third-order valence-electron chi connectivity index (χ3n) is 5.46. The Hall–Kier alpha value is -3.79. The molecule has 0 atom stereocenters. The number of nitrogens with one attached hydrogen (secondary N) is 1. The predicted molar refractivity (Wildman–Crippen MR) is 115 cm³/mol. The number of benzene rings is 3. The topological polar surface area (TPSA) is 54.9 Å². The number of amides is 1. The van der Waals surface area contributed by atoms with Gasteiger partial charge in [-0.3, -0.25) is 4.79 Å². The van der Waals surface area contributed by atoms with Crippen LogP contribution < -0.4 is 5.32 Å². The highest BCUT2D eigenvalue weighted by Crippen LogP contribution is 2.38. The van der Waals surface area contributed by atoms with E-state index in [2.05, 4.69) is 33.5 Å². The molecule has 0 unspecified atom stereocenters. The number of fused-ring (bicyclic) bond motifs is 3. The van der Waals surface area contributed by atoms with Gasteiger partial charge in [0.25, 0.3) is 5.91 Å². The third-order valence-corrected chi connectivity index (χ3v) is 5.46. The Labute approximate surface area is 169 Å². The molecule has 0 spiro atoms. The molecule has 0 fully saturated rings. The standard InChI is InChI=1S/C25H19N3O/c1-16-9-10-19(12-23(16)18-13-26-15-27-14-18)28-25(29)22-8-4-7-21-20-6-3-2-5-17(20)11-24(21)22/h2-10,12-15H,11H2,1H3,(H,28,29). The van der Waals surface area contributed by atoms with Crippen molar-refractivity contribution in [2.75, 3.05) is 5.32 Å². The summed E-state index contributed by atoms with van der Waals surface area (Å²) in [5.74, 6) is -0.0891. The van der Waals surface area contributed by atoms with E-state index >= 15 is 0 Å². The van der Waals surface area contributed by atoms with Crippen LogP contribution in [0.15, 0.2) is 79.4 Å². The summed E-state index contributed by atoms with van der Waals surface area (Å²) in [4.78, 5) is 21.3. The van der Waals surface area contributed by atoms with Gasteiger partial charge < -0.3 is 5.32 Å². The van der Waals surface area contributed by atoms with Crippen LogP contribution in [0.5, 0.6) is 0 Å². The second kappa shape index (κ2) is 6.99. The average Bonchev–Trinajstić information content (AvgIpc) is 3.14. The summed E-state index contributed by atoms with van der Waals surface area (Å²) < 4.78 is 0. The fourth-order valence-electron chi connectivity index (χ4n) is 4.02. The fourth-order valence-corrected chi connectivity index (χ4v) is 4.02. The van der Waals surface area contributed by atoms with Gasteiger partial charge in [0.2, 0.25) is 0 Å². The first kappa shape index (κ1) is 17.3. The van der Waals surface area contributed by atoms with E-state index in [-0.39, 0.29) is 5.91 Å². The largest absolute Gasteiger partial charge is 0.322 e. The Morgan fingerprint density at radius 2 is 1.69 bits per heavy atom. The van der Waals surface area contributed by atoms with E-state index < -0.39 is 0 Å². The smallest absolute Gasteiger partial charge is 0.255 e. The van der Waals surface area contributed by atoms with Crippen LogP contribution in [0.4, 0.5) is 5.69 Å². The lowest BCUT2D eigenvalue weighted by molar-refractivity contribution is 0.102. The molecule has 4 aromatic rings. The molecule has 1 aliphatic rings. The second-order valence-electron chi connectivity index (χ2n) is 7.28. The molecule has 140 valence electrons. The van der Waals surface area contributed by atoms with Gasteiger partial charge in [-0.25, -0.2) is 9.97 Å². The molecule has 0 aliphatic heterocycles. The lowest BCUT2D eigenvalue weighted by Crippen LogP contribution is -2.14. The van der Waals surface area contributed by atoms with E-state index in [9.17, 15) is 4.79 Å². The molecule has 0 radical (unpaired) electrons. The van der Waals surface area contributed by atoms with E-state index in [0.29, 0.717) is 0 Å². The molecular formula is C25H19N3O. The number of aromatic nitrogens is 2. The first-order chi connectivity index (χ1) is 14.2. The molecule has 1 amide bonds. The van der Waals surface area contributed by atoms with Crippen LogP contribution in [0.1, 0.15) is 27.0 Å². The van der Waals surface area contributed by atoms with Crippen LogP contribution >= 0.6 is 0 Å².